The van der Waals surface area contributed by atoms with Crippen molar-refractivity contribution in [1.29, 1.82) is 0 Å². The average Bonchev–Trinajstić information content (AvgIpc) is 2.93. The highest BCUT2D eigenvalue weighted by Gasteiger charge is 2.56. The zero-order chi connectivity index (χ0) is 19.8. The lowest BCUT2D eigenvalue weighted by Crippen LogP contribution is -2.26. The van der Waals surface area contributed by atoms with Crippen molar-refractivity contribution in [1.82, 2.24) is 0 Å². The molecule has 2 N–H and O–H groups in total. The first-order valence-electron chi connectivity index (χ1n) is 9.40. The van der Waals surface area contributed by atoms with E-state index >= 15 is 0 Å². The standard InChI is InChI=1S/C23H28O4/c1-21(2)11-23(15-7-17(24)19(26-5)9-13(15)21)12-22(3,4)14-10-20(27-6)18(25)8-16(14)23/h7-10,24-25H,11-12H2,1-6H3. The molecule has 0 heterocycles. The van der Waals surface area contributed by atoms with Crippen molar-refractivity contribution >= 4 is 0 Å². The van der Waals surface area contributed by atoms with Gasteiger partial charge in [-0.05, 0) is 70.2 Å². The normalized spacial score (nSPS) is 20.4. The van der Waals surface area contributed by atoms with Gasteiger partial charge in [-0.3, -0.25) is 0 Å². The van der Waals surface area contributed by atoms with Crippen LogP contribution in [0.5, 0.6) is 23.0 Å². The van der Waals surface area contributed by atoms with E-state index in [0.29, 0.717) is 11.5 Å². The molecule has 0 unspecified atom stereocenters. The molecule has 2 aromatic carbocycles. The summed E-state index contributed by atoms with van der Waals surface area (Å²) >= 11 is 0. The Kier molecular flexibility index (Phi) is 3.56. The Morgan fingerprint density at radius 2 is 1.04 bits per heavy atom. The second-order valence-corrected chi connectivity index (χ2v) is 9.34. The molecule has 0 atom stereocenters. The van der Waals surface area contributed by atoms with Crippen LogP contribution in [-0.4, -0.2) is 24.4 Å². The molecule has 27 heavy (non-hydrogen) atoms. The Morgan fingerprint density at radius 3 is 1.37 bits per heavy atom. The molecule has 0 radical (unpaired) electrons. The van der Waals surface area contributed by atoms with Gasteiger partial charge in [-0.1, -0.05) is 27.7 Å². The molecule has 4 rings (SSSR count). The first-order valence-corrected chi connectivity index (χ1v) is 9.40. The zero-order valence-corrected chi connectivity index (χ0v) is 16.9. The first kappa shape index (κ1) is 18.0. The summed E-state index contributed by atoms with van der Waals surface area (Å²) in [5, 5.41) is 21.0. The van der Waals surface area contributed by atoms with Crippen molar-refractivity contribution in [3.8, 4) is 23.0 Å². The fourth-order valence-electron chi connectivity index (χ4n) is 5.66. The van der Waals surface area contributed by atoms with Gasteiger partial charge in [0.2, 0.25) is 0 Å². The number of phenolic OH excluding ortho intramolecular Hbond substituents is 2. The summed E-state index contributed by atoms with van der Waals surface area (Å²) in [6, 6.07) is 7.70. The fraction of sp³-hybridized carbons (Fsp3) is 0.478. The number of aromatic hydroxyl groups is 2. The lowest BCUT2D eigenvalue weighted by molar-refractivity contribution is 0.348. The van der Waals surface area contributed by atoms with E-state index in [-0.39, 0.29) is 27.7 Å². The minimum absolute atomic E-state index is 0.0659. The molecular weight excluding hydrogens is 340 g/mol. The maximum absolute atomic E-state index is 10.5. The van der Waals surface area contributed by atoms with E-state index in [9.17, 15) is 10.2 Å². The van der Waals surface area contributed by atoms with E-state index < -0.39 is 0 Å². The van der Waals surface area contributed by atoms with Gasteiger partial charge in [0.15, 0.2) is 23.0 Å². The molecule has 0 saturated carbocycles. The van der Waals surface area contributed by atoms with Crippen molar-refractivity contribution in [3.05, 3.63) is 46.5 Å². The maximum atomic E-state index is 10.5. The van der Waals surface area contributed by atoms with Crippen molar-refractivity contribution in [2.75, 3.05) is 14.2 Å². The molecule has 2 aliphatic rings. The van der Waals surface area contributed by atoms with Crippen molar-refractivity contribution in [2.24, 2.45) is 0 Å². The van der Waals surface area contributed by atoms with Crippen LogP contribution in [0.1, 0.15) is 62.8 Å². The summed E-state index contributed by atoms with van der Waals surface area (Å²) in [5.74, 6) is 1.34. The Balaban J connectivity index is 2.03. The van der Waals surface area contributed by atoms with Gasteiger partial charge in [0.1, 0.15) is 0 Å². The third-order valence-electron chi connectivity index (χ3n) is 6.61. The van der Waals surface area contributed by atoms with Crippen LogP contribution in [0.15, 0.2) is 24.3 Å². The summed E-state index contributed by atoms with van der Waals surface area (Å²) < 4.78 is 10.7. The molecule has 2 aliphatic carbocycles. The minimum Gasteiger partial charge on any atom is -0.504 e. The fourth-order valence-corrected chi connectivity index (χ4v) is 5.66. The number of phenols is 2. The van der Waals surface area contributed by atoms with E-state index in [1.54, 1.807) is 14.2 Å². The number of ether oxygens (including phenoxy) is 2. The monoisotopic (exact) mass is 368 g/mol. The molecule has 4 nitrogen and oxygen atoms in total. The predicted molar refractivity (Wildman–Crippen MR) is 105 cm³/mol. The van der Waals surface area contributed by atoms with Crippen molar-refractivity contribution in [3.63, 3.8) is 0 Å². The van der Waals surface area contributed by atoms with Crippen LogP contribution in [0.2, 0.25) is 0 Å². The average molecular weight is 368 g/mol. The Bertz CT molecular complexity index is 862. The summed E-state index contributed by atoms with van der Waals surface area (Å²) in [5.41, 5.74) is 4.31. The summed E-state index contributed by atoms with van der Waals surface area (Å²) in [6.45, 7) is 8.97. The van der Waals surface area contributed by atoms with Crippen LogP contribution in [0.25, 0.3) is 0 Å². The second kappa shape index (κ2) is 5.34. The van der Waals surface area contributed by atoms with Gasteiger partial charge in [0, 0.05) is 5.41 Å². The number of rotatable bonds is 2. The summed E-state index contributed by atoms with van der Waals surface area (Å²) in [6.07, 6.45) is 1.84. The highest BCUT2D eigenvalue weighted by Crippen LogP contribution is 2.64. The van der Waals surface area contributed by atoms with Crippen LogP contribution in [0, 0.1) is 0 Å². The predicted octanol–water partition coefficient (Wildman–Crippen LogP) is 4.76. The van der Waals surface area contributed by atoms with Gasteiger partial charge in [0.25, 0.3) is 0 Å². The van der Waals surface area contributed by atoms with Crippen LogP contribution in [0.3, 0.4) is 0 Å². The van der Waals surface area contributed by atoms with Crippen LogP contribution in [0.4, 0.5) is 0 Å². The van der Waals surface area contributed by atoms with E-state index in [1.807, 2.05) is 24.3 Å². The van der Waals surface area contributed by atoms with Gasteiger partial charge < -0.3 is 19.7 Å². The molecule has 0 saturated heterocycles. The molecule has 0 aromatic heterocycles. The third-order valence-corrected chi connectivity index (χ3v) is 6.61. The van der Waals surface area contributed by atoms with Gasteiger partial charge >= 0.3 is 0 Å². The molecule has 0 fully saturated rings. The SMILES string of the molecule is COc1cc2c(cc1O)C1(CC2(C)C)CC(C)(C)c2cc(OC)c(O)cc21. The smallest absolute Gasteiger partial charge is 0.160 e. The van der Waals surface area contributed by atoms with E-state index in [1.165, 1.54) is 11.1 Å². The van der Waals surface area contributed by atoms with E-state index in [4.69, 9.17) is 9.47 Å². The zero-order valence-electron chi connectivity index (χ0n) is 16.9. The molecule has 144 valence electrons. The van der Waals surface area contributed by atoms with Gasteiger partial charge in [-0.15, -0.1) is 0 Å². The van der Waals surface area contributed by atoms with Crippen LogP contribution >= 0.6 is 0 Å². The molecule has 2 aromatic rings. The van der Waals surface area contributed by atoms with Gasteiger partial charge in [-0.25, -0.2) is 0 Å². The molecule has 0 bridgehead atoms. The van der Waals surface area contributed by atoms with Gasteiger partial charge in [-0.2, -0.15) is 0 Å². The third kappa shape index (κ3) is 2.28. The summed E-state index contributed by atoms with van der Waals surface area (Å²) in [4.78, 5) is 0. The lowest BCUT2D eigenvalue weighted by Gasteiger charge is -2.30. The number of methoxy groups -OCH3 is 2. The lowest BCUT2D eigenvalue weighted by atomic mass is 9.72. The second-order valence-electron chi connectivity index (χ2n) is 9.34. The maximum Gasteiger partial charge on any atom is 0.160 e. The molecule has 1 spiro atoms. The number of hydrogen-bond acceptors (Lipinski definition) is 4. The summed E-state index contributed by atoms with van der Waals surface area (Å²) in [7, 11) is 3.16. The molecule has 0 amide bonds. The number of hydrogen-bond donors (Lipinski definition) is 2. The number of benzene rings is 2. The Morgan fingerprint density at radius 1 is 0.667 bits per heavy atom. The van der Waals surface area contributed by atoms with E-state index in [2.05, 4.69) is 27.7 Å². The number of fused-ring (bicyclic) bond motifs is 4. The highest BCUT2D eigenvalue weighted by molar-refractivity contribution is 5.65. The van der Waals surface area contributed by atoms with Crippen molar-refractivity contribution < 1.29 is 19.7 Å². The largest absolute Gasteiger partial charge is 0.504 e. The first-order chi connectivity index (χ1) is 12.6. The van der Waals surface area contributed by atoms with Gasteiger partial charge in [0.05, 0.1) is 14.2 Å². The Hall–Kier alpha value is -2.36. The molecule has 0 aliphatic heterocycles. The van der Waals surface area contributed by atoms with Crippen LogP contribution < -0.4 is 9.47 Å². The highest BCUT2D eigenvalue weighted by atomic mass is 16.5. The quantitative estimate of drug-likeness (QED) is 0.802. The van der Waals surface area contributed by atoms with Crippen LogP contribution in [-0.2, 0) is 16.2 Å². The molecule has 4 heteroatoms. The van der Waals surface area contributed by atoms with Crippen molar-refractivity contribution in [2.45, 2.75) is 56.8 Å². The minimum atomic E-state index is -0.245. The van der Waals surface area contributed by atoms with E-state index in [0.717, 1.165) is 24.0 Å². The molecular formula is C23H28O4. The Labute approximate surface area is 160 Å². The topological polar surface area (TPSA) is 58.9 Å².